The lowest BCUT2D eigenvalue weighted by molar-refractivity contribution is -0.137. The summed E-state index contributed by atoms with van der Waals surface area (Å²) in [5.74, 6) is -1.26. The van der Waals surface area contributed by atoms with Crippen molar-refractivity contribution in [3.63, 3.8) is 0 Å². The summed E-state index contributed by atoms with van der Waals surface area (Å²) in [5, 5.41) is 2.10. The molecule has 1 rings (SSSR count). The maximum Gasteiger partial charge on any atom is 0.330 e. The predicted octanol–water partition coefficient (Wildman–Crippen LogP) is 0.969. The number of hydrogen-bond donors (Lipinski definition) is 3. The number of carbonyl (C=O) groups is 3. The first-order valence-electron chi connectivity index (χ1n) is 7.03. The lowest BCUT2D eigenvalue weighted by Crippen LogP contribution is -2.49. The van der Waals surface area contributed by atoms with Crippen molar-refractivity contribution in [2.45, 2.75) is 6.92 Å². The first-order valence-corrected chi connectivity index (χ1v) is 8.24. The van der Waals surface area contributed by atoms with E-state index >= 15 is 0 Å². The minimum atomic E-state index is -0.647. The first kappa shape index (κ1) is 20.6. The van der Waals surface area contributed by atoms with Gasteiger partial charge in [0.2, 0.25) is 5.91 Å². The Hall–Kier alpha value is -2.46. The smallest absolute Gasteiger partial charge is 0.330 e. The van der Waals surface area contributed by atoms with Gasteiger partial charge in [-0.15, -0.1) is 0 Å². The van der Waals surface area contributed by atoms with Crippen molar-refractivity contribution in [2.75, 3.05) is 13.2 Å². The Balaban J connectivity index is 2.26. The van der Waals surface area contributed by atoms with Gasteiger partial charge in [-0.25, -0.2) is 4.79 Å². The van der Waals surface area contributed by atoms with Gasteiger partial charge < -0.3 is 9.47 Å². The van der Waals surface area contributed by atoms with Crippen LogP contribution in [0.1, 0.15) is 6.92 Å². The van der Waals surface area contributed by atoms with Crippen LogP contribution in [0.5, 0.6) is 5.75 Å². The minimum Gasteiger partial charge on any atom is -0.484 e. The Morgan fingerprint density at radius 3 is 2.48 bits per heavy atom. The fourth-order valence-electron chi connectivity index (χ4n) is 1.36. The quantitative estimate of drug-likeness (QED) is 0.267. The monoisotopic (exact) mass is 429 g/mol. The molecule has 0 spiro atoms. The summed E-state index contributed by atoms with van der Waals surface area (Å²) in [6, 6.07) is 6.96. The number of nitrogens with one attached hydrogen (secondary N) is 3. The van der Waals surface area contributed by atoms with E-state index in [9.17, 15) is 14.4 Å². The highest BCUT2D eigenvalue weighted by molar-refractivity contribution is 9.10. The summed E-state index contributed by atoms with van der Waals surface area (Å²) in [6.45, 7) is 1.61. The highest BCUT2D eigenvalue weighted by atomic mass is 79.9. The number of halogens is 1. The molecule has 0 fully saturated rings. The van der Waals surface area contributed by atoms with Crippen molar-refractivity contribution in [1.29, 1.82) is 0 Å². The van der Waals surface area contributed by atoms with Crippen LogP contribution in [0, 0.1) is 0 Å². The number of hydrogen-bond acceptors (Lipinski definition) is 6. The maximum absolute atomic E-state index is 11.6. The summed E-state index contributed by atoms with van der Waals surface area (Å²) in [7, 11) is 0. The van der Waals surface area contributed by atoms with Crippen LogP contribution in [0.15, 0.2) is 40.9 Å². The molecule has 1 aromatic rings. The van der Waals surface area contributed by atoms with Gasteiger partial charge in [-0.05, 0) is 43.4 Å². The number of rotatable bonds is 6. The van der Waals surface area contributed by atoms with Crippen molar-refractivity contribution >= 4 is 51.0 Å². The van der Waals surface area contributed by atoms with Crippen LogP contribution in [0.3, 0.4) is 0 Å². The molecule has 1 aromatic carbocycles. The molecule has 0 aliphatic rings. The topological polar surface area (TPSA) is 106 Å². The third kappa shape index (κ3) is 9.42. The molecule has 0 unspecified atom stereocenters. The summed E-state index contributed by atoms with van der Waals surface area (Å²) in [6.07, 6.45) is 1.93. The molecular weight excluding hydrogens is 414 g/mol. The molecule has 3 N–H and O–H groups in total. The van der Waals surface area contributed by atoms with Crippen LogP contribution in [-0.4, -0.2) is 36.1 Å². The Morgan fingerprint density at radius 1 is 1.16 bits per heavy atom. The number of esters is 1. The van der Waals surface area contributed by atoms with Gasteiger partial charge >= 0.3 is 5.97 Å². The van der Waals surface area contributed by atoms with Crippen LogP contribution in [0.4, 0.5) is 0 Å². The lowest BCUT2D eigenvalue weighted by atomic mass is 10.3. The third-order valence-electron chi connectivity index (χ3n) is 2.39. The van der Waals surface area contributed by atoms with E-state index in [-0.39, 0.29) is 18.3 Å². The van der Waals surface area contributed by atoms with Gasteiger partial charge in [-0.2, -0.15) is 0 Å². The van der Waals surface area contributed by atoms with Crippen molar-refractivity contribution < 1.29 is 23.9 Å². The standard InChI is InChI=1S/C15H16BrN3O5S/c1-2-23-14(22)8-7-12(20)17-15(25)19-18-13(21)9-24-11-5-3-10(16)4-6-11/h3-8H,2,9H2,1H3,(H,18,21)(H2,17,19,20,25)/b8-7+. The van der Waals surface area contributed by atoms with Crippen molar-refractivity contribution in [1.82, 2.24) is 16.2 Å². The Bertz CT molecular complexity index is 664. The summed E-state index contributed by atoms with van der Waals surface area (Å²) in [5.41, 5.74) is 4.59. The van der Waals surface area contributed by atoms with Gasteiger partial charge in [0.05, 0.1) is 6.61 Å². The zero-order valence-electron chi connectivity index (χ0n) is 13.2. The van der Waals surface area contributed by atoms with Crippen molar-refractivity contribution in [3.05, 3.63) is 40.9 Å². The lowest BCUT2D eigenvalue weighted by Gasteiger charge is -2.10. The number of ether oxygens (including phenoxy) is 2. The zero-order chi connectivity index (χ0) is 18.7. The Kier molecular flexibility index (Phi) is 9.19. The van der Waals surface area contributed by atoms with E-state index in [4.69, 9.17) is 17.0 Å². The molecule has 2 amide bonds. The van der Waals surface area contributed by atoms with E-state index < -0.39 is 17.8 Å². The van der Waals surface area contributed by atoms with Gasteiger partial charge in [0.15, 0.2) is 11.7 Å². The molecule has 0 aromatic heterocycles. The molecule has 0 bridgehead atoms. The van der Waals surface area contributed by atoms with Crippen LogP contribution < -0.4 is 20.9 Å². The van der Waals surface area contributed by atoms with E-state index in [0.717, 1.165) is 16.6 Å². The fourth-order valence-corrected chi connectivity index (χ4v) is 1.78. The van der Waals surface area contributed by atoms with Gasteiger partial charge in [0.1, 0.15) is 5.75 Å². The molecule has 0 heterocycles. The number of carbonyl (C=O) groups excluding carboxylic acids is 3. The van der Waals surface area contributed by atoms with Crippen LogP contribution in [-0.2, 0) is 19.1 Å². The number of amides is 2. The number of thiocarbonyl (C=S) groups is 1. The van der Waals surface area contributed by atoms with E-state index in [1.54, 1.807) is 31.2 Å². The van der Waals surface area contributed by atoms with Gasteiger partial charge in [0.25, 0.3) is 5.91 Å². The normalized spacial score (nSPS) is 10.0. The Morgan fingerprint density at radius 2 is 1.84 bits per heavy atom. The first-order chi connectivity index (χ1) is 11.9. The van der Waals surface area contributed by atoms with Crippen LogP contribution in [0.25, 0.3) is 0 Å². The number of benzene rings is 1. The van der Waals surface area contributed by atoms with Crippen LogP contribution in [0.2, 0.25) is 0 Å². The molecule has 0 atom stereocenters. The molecule has 0 aliphatic carbocycles. The maximum atomic E-state index is 11.6. The van der Waals surface area contributed by atoms with Crippen molar-refractivity contribution in [3.8, 4) is 5.75 Å². The third-order valence-corrected chi connectivity index (χ3v) is 3.13. The second kappa shape index (κ2) is 11.2. The fraction of sp³-hybridized carbons (Fsp3) is 0.200. The Labute approximate surface area is 158 Å². The van der Waals surface area contributed by atoms with Gasteiger partial charge in [0, 0.05) is 16.6 Å². The van der Waals surface area contributed by atoms with E-state index in [1.165, 1.54) is 0 Å². The summed E-state index contributed by atoms with van der Waals surface area (Å²) < 4.78 is 10.8. The molecule has 0 saturated carbocycles. The van der Waals surface area contributed by atoms with Crippen LogP contribution >= 0.6 is 28.1 Å². The van der Waals surface area contributed by atoms with Gasteiger partial charge in [-0.1, -0.05) is 15.9 Å². The number of hydrazine groups is 1. The second-order valence-corrected chi connectivity index (χ2v) is 5.64. The second-order valence-electron chi connectivity index (χ2n) is 4.32. The summed E-state index contributed by atoms with van der Waals surface area (Å²) >= 11 is 8.11. The average Bonchev–Trinajstić information content (AvgIpc) is 2.58. The highest BCUT2D eigenvalue weighted by Crippen LogP contribution is 2.15. The molecule has 0 aliphatic heterocycles. The highest BCUT2D eigenvalue weighted by Gasteiger charge is 2.05. The molecular formula is C15H16BrN3O5S. The van der Waals surface area contributed by atoms with E-state index in [2.05, 4.69) is 36.8 Å². The average molecular weight is 430 g/mol. The molecule has 10 heteroatoms. The largest absolute Gasteiger partial charge is 0.484 e. The molecule has 0 radical (unpaired) electrons. The molecule has 25 heavy (non-hydrogen) atoms. The van der Waals surface area contributed by atoms with Crippen molar-refractivity contribution in [2.24, 2.45) is 0 Å². The SMILES string of the molecule is CCOC(=O)/C=C/C(=O)NC(=S)NNC(=O)COc1ccc(Br)cc1. The molecule has 134 valence electrons. The summed E-state index contributed by atoms with van der Waals surface area (Å²) in [4.78, 5) is 34.1. The minimum absolute atomic E-state index is 0.143. The predicted molar refractivity (Wildman–Crippen MR) is 97.4 cm³/mol. The van der Waals surface area contributed by atoms with E-state index in [1.807, 2.05) is 0 Å². The van der Waals surface area contributed by atoms with Gasteiger partial charge in [-0.3, -0.25) is 25.8 Å². The molecule has 0 saturated heterocycles. The molecule has 8 nitrogen and oxygen atoms in total. The van der Waals surface area contributed by atoms with E-state index in [0.29, 0.717) is 5.75 Å². The zero-order valence-corrected chi connectivity index (χ0v) is 15.6.